The zero-order valence-corrected chi connectivity index (χ0v) is 13.9. The average Bonchev–Trinajstić information content (AvgIpc) is 2.80. The van der Waals surface area contributed by atoms with E-state index in [0.29, 0.717) is 11.5 Å². The first-order chi connectivity index (χ1) is 9.97. The summed E-state index contributed by atoms with van der Waals surface area (Å²) in [7, 11) is 0. The Morgan fingerprint density at radius 3 is 2.71 bits per heavy atom. The Hall–Kier alpha value is -1.39. The molecule has 0 bridgehead atoms. The Labute approximate surface area is 135 Å². The van der Waals surface area contributed by atoms with Crippen LogP contribution in [0.4, 0.5) is 4.39 Å². The van der Waals surface area contributed by atoms with Crippen LogP contribution in [0.15, 0.2) is 40.9 Å². The number of fused-ring (bicyclic) bond motifs is 1. The zero-order valence-electron chi connectivity index (χ0n) is 11.6. The highest BCUT2D eigenvalue weighted by Crippen LogP contribution is 2.31. The van der Waals surface area contributed by atoms with Gasteiger partial charge in [-0.05, 0) is 49.7 Å². The van der Waals surface area contributed by atoms with Crippen LogP contribution in [0.2, 0.25) is 0 Å². The van der Waals surface area contributed by atoms with Crippen LogP contribution in [-0.4, -0.2) is 9.55 Å². The van der Waals surface area contributed by atoms with E-state index in [1.807, 2.05) is 32.0 Å². The van der Waals surface area contributed by atoms with Crippen molar-refractivity contribution in [3.05, 3.63) is 58.1 Å². The van der Waals surface area contributed by atoms with Crippen molar-refractivity contribution in [1.82, 2.24) is 9.55 Å². The average molecular weight is 368 g/mol. The molecule has 0 saturated carbocycles. The maximum Gasteiger partial charge on any atom is 0.147 e. The first-order valence-corrected chi connectivity index (χ1v) is 7.79. The monoisotopic (exact) mass is 366 g/mol. The summed E-state index contributed by atoms with van der Waals surface area (Å²) in [6.07, 6.45) is 0. The summed E-state index contributed by atoms with van der Waals surface area (Å²) in [4.78, 5) is 4.57. The Morgan fingerprint density at radius 1 is 1.24 bits per heavy atom. The molecule has 1 unspecified atom stereocenters. The van der Waals surface area contributed by atoms with Gasteiger partial charge in [0.1, 0.15) is 11.6 Å². The Kier molecular flexibility index (Phi) is 3.76. The van der Waals surface area contributed by atoms with Gasteiger partial charge in [0, 0.05) is 4.47 Å². The van der Waals surface area contributed by atoms with E-state index in [1.165, 1.54) is 6.07 Å². The van der Waals surface area contributed by atoms with Crippen molar-refractivity contribution < 1.29 is 4.39 Å². The first kappa shape index (κ1) is 14.5. The van der Waals surface area contributed by atoms with Gasteiger partial charge in [-0.25, -0.2) is 9.37 Å². The molecule has 0 saturated heterocycles. The van der Waals surface area contributed by atoms with Crippen molar-refractivity contribution >= 4 is 38.6 Å². The van der Waals surface area contributed by atoms with Crippen LogP contribution in [0.3, 0.4) is 0 Å². The molecule has 1 aromatic heterocycles. The van der Waals surface area contributed by atoms with E-state index in [9.17, 15) is 4.39 Å². The van der Waals surface area contributed by atoms with Gasteiger partial charge >= 0.3 is 0 Å². The SMILES string of the molecule is Cc1ccc2c(c1)nc(C(C)Cl)n2-c1cc(Br)ccc1F. The van der Waals surface area contributed by atoms with Gasteiger partial charge in [-0.2, -0.15) is 0 Å². The number of aryl methyl sites for hydroxylation is 1. The standard InChI is InChI=1S/C16H13BrClFN2/c1-9-3-6-14-13(7-9)20-16(10(2)18)21(14)15-8-11(17)4-5-12(15)19/h3-8,10H,1-2H3. The number of nitrogens with zero attached hydrogens (tertiary/aromatic N) is 2. The first-order valence-electron chi connectivity index (χ1n) is 6.56. The number of hydrogen-bond donors (Lipinski definition) is 0. The molecule has 0 radical (unpaired) electrons. The molecule has 0 aliphatic rings. The molecule has 2 nitrogen and oxygen atoms in total. The number of alkyl halides is 1. The van der Waals surface area contributed by atoms with Crippen LogP contribution in [0.1, 0.15) is 23.7 Å². The van der Waals surface area contributed by atoms with Crippen LogP contribution >= 0.6 is 27.5 Å². The fourth-order valence-electron chi connectivity index (χ4n) is 2.39. The topological polar surface area (TPSA) is 17.8 Å². The van der Waals surface area contributed by atoms with Gasteiger partial charge in [-0.1, -0.05) is 22.0 Å². The molecule has 3 rings (SSSR count). The largest absolute Gasteiger partial charge is 0.292 e. The Balaban J connectivity index is 2.39. The third-order valence-electron chi connectivity index (χ3n) is 3.34. The third kappa shape index (κ3) is 2.58. The summed E-state index contributed by atoms with van der Waals surface area (Å²) < 4.78 is 16.9. The van der Waals surface area contributed by atoms with Crippen LogP contribution in [-0.2, 0) is 0 Å². The van der Waals surface area contributed by atoms with Crippen LogP contribution in [0.25, 0.3) is 16.7 Å². The van der Waals surface area contributed by atoms with E-state index in [1.54, 1.807) is 16.7 Å². The van der Waals surface area contributed by atoms with E-state index in [2.05, 4.69) is 20.9 Å². The third-order valence-corrected chi connectivity index (χ3v) is 4.03. The van der Waals surface area contributed by atoms with Gasteiger partial charge in [0.15, 0.2) is 0 Å². The van der Waals surface area contributed by atoms with Gasteiger partial charge in [0.25, 0.3) is 0 Å². The molecule has 108 valence electrons. The molecule has 0 amide bonds. The van der Waals surface area contributed by atoms with Crippen molar-refractivity contribution in [1.29, 1.82) is 0 Å². The lowest BCUT2D eigenvalue weighted by Crippen LogP contribution is -2.04. The maximum absolute atomic E-state index is 14.3. The second-order valence-electron chi connectivity index (χ2n) is 5.01. The van der Waals surface area contributed by atoms with Crippen molar-refractivity contribution in [2.24, 2.45) is 0 Å². The molecule has 5 heteroatoms. The Morgan fingerprint density at radius 2 is 2.00 bits per heavy atom. The number of aromatic nitrogens is 2. The molecule has 0 aliphatic heterocycles. The van der Waals surface area contributed by atoms with Gasteiger partial charge in [-0.3, -0.25) is 4.57 Å². The molecule has 3 aromatic rings. The molecule has 0 fully saturated rings. The summed E-state index contributed by atoms with van der Waals surface area (Å²) >= 11 is 9.63. The molecular weight excluding hydrogens is 355 g/mol. The van der Waals surface area contributed by atoms with E-state index in [-0.39, 0.29) is 11.2 Å². The lowest BCUT2D eigenvalue weighted by Gasteiger charge is -2.12. The number of imidazole rings is 1. The summed E-state index contributed by atoms with van der Waals surface area (Å²) in [5.41, 5.74) is 3.21. The minimum absolute atomic E-state index is 0.309. The lowest BCUT2D eigenvalue weighted by atomic mass is 10.2. The fraction of sp³-hybridized carbons (Fsp3) is 0.188. The van der Waals surface area contributed by atoms with Gasteiger partial charge in [-0.15, -0.1) is 11.6 Å². The quantitative estimate of drug-likeness (QED) is 0.544. The van der Waals surface area contributed by atoms with Crippen molar-refractivity contribution in [3.8, 4) is 5.69 Å². The molecular formula is C16H13BrClFN2. The van der Waals surface area contributed by atoms with Crippen molar-refractivity contribution in [2.45, 2.75) is 19.2 Å². The highest BCUT2D eigenvalue weighted by atomic mass is 79.9. The second-order valence-corrected chi connectivity index (χ2v) is 6.58. The summed E-state index contributed by atoms with van der Waals surface area (Å²) in [5.74, 6) is 0.325. The van der Waals surface area contributed by atoms with Crippen molar-refractivity contribution in [3.63, 3.8) is 0 Å². The van der Waals surface area contributed by atoms with E-state index in [4.69, 9.17) is 11.6 Å². The van der Waals surface area contributed by atoms with Gasteiger partial charge in [0.05, 0.1) is 22.1 Å². The fourth-order valence-corrected chi connectivity index (χ4v) is 2.88. The summed E-state index contributed by atoms with van der Waals surface area (Å²) in [6, 6.07) is 10.7. The Bertz CT molecular complexity index is 827. The number of rotatable bonds is 2. The molecule has 1 heterocycles. The molecule has 0 spiro atoms. The molecule has 21 heavy (non-hydrogen) atoms. The van der Waals surface area contributed by atoms with Crippen LogP contribution in [0, 0.1) is 12.7 Å². The number of benzene rings is 2. The highest BCUT2D eigenvalue weighted by molar-refractivity contribution is 9.10. The highest BCUT2D eigenvalue weighted by Gasteiger charge is 2.18. The van der Waals surface area contributed by atoms with E-state index in [0.717, 1.165) is 21.1 Å². The smallest absolute Gasteiger partial charge is 0.147 e. The molecule has 0 aliphatic carbocycles. The van der Waals surface area contributed by atoms with E-state index < -0.39 is 0 Å². The van der Waals surface area contributed by atoms with Crippen molar-refractivity contribution in [2.75, 3.05) is 0 Å². The second kappa shape index (κ2) is 5.43. The number of hydrogen-bond acceptors (Lipinski definition) is 1. The summed E-state index contributed by atoms with van der Waals surface area (Å²) in [5, 5.41) is -0.323. The van der Waals surface area contributed by atoms with E-state index >= 15 is 0 Å². The maximum atomic E-state index is 14.3. The molecule has 0 N–H and O–H groups in total. The van der Waals surface area contributed by atoms with Gasteiger partial charge in [0.2, 0.25) is 0 Å². The minimum Gasteiger partial charge on any atom is -0.292 e. The minimum atomic E-state index is -0.323. The van der Waals surface area contributed by atoms with Gasteiger partial charge < -0.3 is 0 Å². The van der Waals surface area contributed by atoms with Crippen LogP contribution < -0.4 is 0 Å². The predicted molar refractivity (Wildman–Crippen MR) is 87.7 cm³/mol. The molecule has 1 atom stereocenters. The molecule has 2 aromatic carbocycles. The normalized spacial score (nSPS) is 12.8. The predicted octanol–water partition coefficient (Wildman–Crippen LogP) is 5.54. The number of halogens is 3. The summed E-state index contributed by atoms with van der Waals surface area (Å²) in [6.45, 7) is 3.84. The van der Waals surface area contributed by atoms with Crippen LogP contribution in [0.5, 0.6) is 0 Å². The zero-order chi connectivity index (χ0) is 15.1. The lowest BCUT2D eigenvalue weighted by molar-refractivity contribution is 0.616.